The van der Waals surface area contributed by atoms with Crippen LogP contribution in [0.25, 0.3) is 10.4 Å². The van der Waals surface area contributed by atoms with Gasteiger partial charge in [0, 0.05) is 11.5 Å². The van der Waals surface area contributed by atoms with Crippen molar-refractivity contribution >= 4 is 5.57 Å². The van der Waals surface area contributed by atoms with Crippen LogP contribution in [-0.2, 0) is 0 Å². The number of nitrogens with two attached hydrogens (primary N) is 1. The van der Waals surface area contributed by atoms with Crippen LogP contribution in [0.5, 0.6) is 5.75 Å². The summed E-state index contributed by atoms with van der Waals surface area (Å²) in [6.07, 6.45) is 0.305. The maximum atomic E-state index is 9.58. The predicted molar refractivity (Wildman–Crippen MR) is 96.8 cm³/mol. The number of hydrogen-bond acceptors (Lipinski definition) is 4. The van der Waals surface area contributed by atoms with Crippen molar-refractivity contribution in [3.8, 4) is 17.9 Å². The maximum Gasteiger partial charge on any atom is 0.265 e. The molecule has 0 amide bonds. The normalized spacial score (nSPS) is 16.3. The Hall–Kier alpha value is -4.01. The quantitative estimate of drug-likeness (QED) is 0.674. The molecule has 1 atom stereocenters. The average Bonchev–Trinajstić information content (AvgIpc) is 2.68. The summed E-state index contributed by atoms with van der Waals surface area (Å²) in [6.45, 7) is 7.35. The minimum atomic E-state index is -0.384. The van der Waals surface area contributed by atoms with Gasteiger partial charge in [-0.2, -0.15) is 5.26 Å². The van der Waals surface area contributed by atoms with Crippen molar-refractivity contribution < 1.29 is 4.74 Å². The van der Waals surface area contributed by atoms with E-state index in [2.05, 4.69) is 10.9 Å². The van der Waals surface area contributed by atoms with Gasteiger partial charge < -0.3 is 10.5 Å². The van der Waals surface area contributed by atoms with E-state index in [0.717, 1.165) is 11.1 Å². The Morgan fingerprint density at radius 2 is 1.81 bits per heavy atom. The van der Waals surface area contributed by atoms with Gasteiger partial charge in [-0.1, -0.05) is 48.5 Å². The molecular weight excluding hydrogens is 324 g/mol. The molecule has 1 heterocycles. The Bertz CT molecular complexity index is 1010. The number of nitrogens with zero attached hydrogens (tertiary/aromatic N) is 3. The first-order valence-electron chi connectivity index (χ1n) is 7.92. The zero-order valence-corrected chi connectivity index (χ0v) is 13.8. The Balaban J connectivity index is 2.16. The van der Waals surface area contributed by atoms with Gasteiger partial charge in [0.05, 0.1) is 18.2 Å². The van der Waals surface area contributed by atoms with Crippen LogP contribution in [0.3, 0.4) is 0 Å². The van der Waals surface area contributed by atoms with Crippen molar-refractivity contribution in [1.82, 2.24) is 0 Å². The van der Waals surface area contributed by atoms with Crippen molar-refractivity contribution in [2.45, 2.75) is 12.3 Å². The fourth-order valence-corrected chi connectivity index (χ4v) is 3.06. The smallest absolute Gasteiger partial charge is 0.265 e. The molecule has 26 heavy (non-hydrogen) atoms. The molecule has 0 aliphatic carbocycles. The molecule has 5 heteroatoms. The van der Waals surface area contributed by atoms with E-state index in [-0.39, 0.29) is 17.5 Å². The summed E-state index contributed by atoms with van der Waals surface area (Å²) in [5.74, 6) is 0.262. The van der Waals surface area contributed by atoms with Crippen LogP contribution in [0, 0.1) is 29.2 Å². The average molecular weight is 338 g/mol. The Kier molecular flexibility index (Phi) is 4.70. The summed E-state index contributed by atoms with van der Waals surface area (Å²) in [6, 6.07) is 20.7. The van der Waals surface area contributed by atoms with Gasteiger partial charge in [0.1, 0.15) is 11.8 Å². The Morgan fingerprint density at radius 3 is 2.46 bits per heavy atom. The van der Waals surface area contributed by atoms with E-state index in [9.17, 15) is 10.5 Å². The molecule has 1 unspecified atom stereocenters. The van der Waals surface area contributed by atoms with Gasteiger partial charge in [0.25, 0.3) is 5.70 Å². The molecule has 0 aromatic heterocycles. The van der Waals surface area contributed by atoms with E-state index in [1.807, 2.05) is 54.6 Å². The number of allylic oxidation sites excluding steroid dienone is 3. The summed E-state index contributed by atoms with van der Waals surface area (Å²) in [5, 5.41) is 19.0. The second-order valence-corrected chi connectivity index (χ2v) is 5.70. The van der Waals surface area contributed by atoms with Crippen molar-refractivity contribution in [1.29, 1.82) is 10.5 Å². The van der Waals surface area contributed by atoms with Crippen LogP contribution in [-0.4, -0.2) is 0 Å². The third-order valence-corrected chi connectivity index (χ3v) is 4.28. The lowest BCUT2D eigenvalue weighted by atomic mass is 9.82. The molecule has 3 rings (SSSR count). The molecule has 0 saturated heterocycles. The minimum absolute atomic E-state index is 0.0102. The maximum absolute atomic E-state index is 9.58. The summed E-state index contributed by atoms with van der Waals surface area (Å²) in [7, 11) is 0. The highest BCUT2D eigenvalue weighted by molar-refractivity contribution is 5.75. The van der Waals surface area contributed by atoms with Crippen LogP contribution in [0.15, 0.2) is 71.8 Å². The van der Waals surface area contributed by atoms with Crippen molar-refractivity contribution in [2.75, 3.05) is 0 Å². The number of rotatable bonds is 3. The molecular formula is C21H14N4O. The Labute approximate surface area is 151 Å². The molecule has 2 aromatic carbocycles. The van der Waals surface area contributed by atoms with Gasteiger partial charge in [-0.15, -0.1) is 0 Å². The zero-order chi connectivity index (χ0) is 18.5. The molecule has 5 nitrogen and oxygen atoms in total. The van der Waals surface area contributed by atoms with Crippen LogP contribution >= 0.6 is 0 Å². The number of ether oxygens (including phenoxy) is 1. The van der Waals surface area contributed by atoms with E-state index in [1.54, 1.807) is 6.07 Å². The fraction of sp³-hybridized carbons (Fsp3) is 0.0952. The zero-order valence-electron chi connectivity index (χ0n) is 13.8. The third-order valence-electron chi connectivity index (χ3n) is 4.28. The van der Waals surface area contributed by atoms with Crippen molar-refractivity contribution in [3.05, 3.63) is 94.3 Å². The molecule has 0 saturated carbocycles. The second kappa shape index (κ2) is 7.26. The van der Waals surface area contributed by atoms with Crippen LogP contribution in [0.1, 0.15) is 23.5 Å². The molecule has 2 N–H and O–H groups in total. The SMILES string of the molecule is [C-]#[N+]/C(C#N)=C(/CC1C(C#N)=C(N)Oc2ccccc21)c1ccccc1. The molecule has 0 bridgehead atoms. The van der Waals surface area contributed by atoms with Crippen LogP contribution < -0.4 is 10.5 Å². The van der Waals surface area contributed by atoms with Gasteiger partial charge in [0.2, 0.25) is 5.88 Å². The third kappa shape index (κ3) is 3.00. The summed E-state index contributed by atoms with van der Waals surface area (Å²) in [5.41, 5.74) is 8.44. The van der Waals surface area contributed by atoms with Gasteiger partial charge in [-0.25, -0.2) is 10.1 Å². The number of hydrogen-bond donors (Lipinski definition) is 1. The highest BCUT2D eigenvalue weighted by atomic mass is 16.5. The summed E-state index contributed by atoms with van der Waals surface area (Å²) < 4.78 is 5.56. The molecule has 0 fully saturated rings. The van der Waals surface area contributed by atoms with Crippen molar-refractivity contribution in [2.24, 2.45) is 5.73 Å². The molecule has 1 aliphatic heterocycles. The van der Waals surface area contributed by atoms with E-state index in [0.29, 0.717) is 23.3 Å². The second-order valence-electron chi connectivity index (χ2n) is 5.70. The summed E-state index contributed by atoms with van der Waals surface area (Å²) >= 11 is 0. The molecule has 0 spiro atoms. The van der Waals surface area contributed by atoms with E-state index >= 15 is 0 Å². The Morgan fingerprint density at radius 1 is 1.12 bits per heavy atom. The van der Waals surface area contributed by atoms with E-state index in [1.165, 1.54) is 0 Å². The number of para-hydroxylation sites is 1. The number of nitriles is 2. The molecule has 124 valence electrons. The first-order valence-corrected chi connectivity index (χ1v) is 7.92. The molecule has 1 aliphatic rings. The highest BCUT2D eigenvalue weighted by Gasteiger charge is 2.30. The fourth-order valence-electron chi connectivity index (χ4n) is 3.06. The largest absolute Gasteiger partial charge is 0.440 e. The van der Waals surface area contributed by atoms with E-state index in [4.69, 9.17) is 17.0 Å². The monoisotopic (exact) mass is 338 g/mol. The standard InChI is InChI=1S/C21H14N4O/c1-25-19(13-23)16(14-7-3-2-4-8-14)11-17-15-9-5-6-10-20(15)26-21(24)18(17)12-22/h2-10,17H,11,24H2/b19-16-. The first kappa shape index (κ1) is 16.8. The van der Waals surface area contributed by atoms with Gasteiger partial charge in [-0.3, -0.25) is 0 Å². The molecule has 2 aromatic rings. The van der Waals surface area contributed by atoms with E-state index < -0.39 is 0 Å². The van der Waals surface area contributed by atoms with Gasteiger partial charge in [-0.05, 0) is 23.6 Å². The lowest BCUT2D eigenvalue weighted by Gasteiger charge is -2.27. The minimum Gasteiger partial charge on any atom is -0.440 e. The lowest BCUT2D eigenvalue weighted by molar-refractivity contribution is 0.389. The lowest BCUT2D eigenvalue weighted by Crippen LogP contribution is -2.20. The predicted octanol–water partition coefficient (Wildman–Crippen LogP) is 4.10. The molecule has 0 radical (unpaired) electrons. The van der Waals surface area contributed by atoms with Gasteiger partial charge in [0.15, 0.2) is 0 Å². The first-order chi connectivity index (χ1) is 12.7. The van der Waals surface area contributed by atoms with Crippen LogP contribution in [0.4, 0.5) is 0 Å². The van der Waals surface area contributed by atoms with Gasteiger partial charge >= 0.3 is 0 Å². The summed E-state index contributed by atoms with van der Waals surface area (Å²) in [4.78, 5) is 3.38. The highest BCUT2D eigenvalue weighted by Crippen LogP contribution is 2.43. The topological polar surface area (TPSA) is 87.2 Å². The van der Waals surface area contributed by atoms with Crippen molar-refractivity contribution in [3.63, 3.8) is 0 Å². The van der Waals surface area contributed by atoms with Crippen LogP contribution in [0.2, 0.25) is 0 Å². The number of benzene rings is 2. The number of fused-ring (bicyclic) bond motifs is 1.